The largest absolute Gasteiger partial charge is 0.368 e. The number of carbonyl (C=O) groups is 4. The van der Waals surface area contributed by atoms with Gasteiger partial charge in [0.15, 0.2) is 0 Å². The van der Waals surface area contributed by atoms with Crippen molar-refractivity contribution in [2.75, 3.05) is 26.2 Å². The fraction of sp³-hybridized carbons (Fsp3) is 0.697. The van der Waals surface area contributed by atoms with Crippen molar-refractivity contribution >= 4 is 23.6 Å². The molecule has 0 aromatic heterocycles. The predicted molar refractivity (Wildman–Crippen MR) is 173 cm³/mol. The minimum Gasteiger partial charge on any atom is -0.368 e. The second kappa shape index (κ2) is 24.5. The zero-order valence-electron chi connectivity index (χ0n) is 26.5. The summed E-state index contributed by atoms with van der Waals surface area (Å²) in [6.45, 7) is 3.46. The van der Waals surface area contributed by atoms with Gasteiger partial charge in [0.1, 0.15) is 12.1 Å². The molecule has 0 fully saturated rings. The van der Waals surface area contributed by atoms with Crippen molar-refractivity contribution in [3.8, 4) is 0 Å². The van der Waals surface area contributed by atoms with Gasteiger partial charge in [0.05, 0.1) is 0 Å². The van der Waals surface area contributed by atoms with E-state index in [2.05, 4.69) is 17.6 Å². The Labute approximate surface area is 259 Å². The lowest BCUT2D eigenvalue weighted by molar-refractivity contribution is -0.139. The van der Waals surface area contributed by atoms with Gasteiger partial charge in [-0.25, -0.2) is 0 Å². The Kier molecular flexibility index (Phi) is 21.6. The third-order valence-electron chi connectivity index (χ3n) is 7.69. The molecule has 0 saturated carbocycles. The monoisotopic (exact) mass is 602 g/mol. The number of amides is 4. The molecule has 0 spiro atoms. The van der Waals surface area contributed by atoms with E-state index in [-0.39, 0.29) is 37.2 Å². The van der Waals surface area contributed by atoms with Crippen LogP contribution in [-0.4, -0.2) is 66.8 Å². The molecule has 244 valence electrons. The van der Waals surface area contributed by atoms with Crippen molar-refractivity contribution in [3.63, 3.8) is 0 Å². The van der Waals surface area contributed by atoms with Crippen LogP contribution in [0.15, 0.2) is 30.3 Å². The lowest BCUT2D eigenvalue weighted by Crippen LogP contribution is -2.52. The van der Waals surface area contributed by atoms with Gasteiger partial charge >= 0.3 is 0 Å². The quantitative estimate of drug-likeness (QED) is 0.102. The van der Waals surface area contributed by atoms with Crippen LogP contribution in [0.25, 0.3) is 0 Å². The SMILES string of the molecule is CCCCCCCCCC(=O)N[C@@H](CCCCN)C(=O)NCCN(C(=O)CCc1ccccc1)[C@@H](CCCCN)C(N)=O. The van der Waals surface area contributed by atoms with Gasteiger partial charge in [-0.3, -0.25) is 19.2 Å². The first-order chi connectivity index (χ1) is 20.8. The number of nitrogens with zero attached hydrogens (tertiary/aromatic N) is 1. The standard InChI is InChI=1S/C33H58N6O4/c1-2-3-4-5-6-7-11-20-30(40)38-28(18-12-14-23-34)33(43)37-25-26-39(29(32(36)42)19-13-15-24-35)31(41)22-21-27-16-9-8-10-17-27/h8-10,16-17,28-29H,2-7,11-15,18-26,34-35H2,1H3,(H2,36,42)(H,37,43)(H,38,40)/t28-,29-/m0/s1. The molecule has 0 saturated heterocycles. The highest BCUT2D eigenvalue weighted by atomic mass is 16.2. The molecule has 4 amide bonds. The van der Waals surface area contributed by atoms with Crippen LogP contribution in [0.2, 0.25) is 0 Å². The number of primary amides is 1. The van der Waals surface area contributed by atoms with Crippen molar-refractivity contribution in [1.82, 2.24) is 15.5 Å². The summed E-state index contributed by atoms with van der Waals surface area (Å²) in [6.07, 6.45) is 12.7. The summed E-state index contributed by atoms with van der Waals surface area (Å²) >= 11 is 0. The number of hydrogen-bond acceptors (Lipinski definition) is 6. The maximum atomic E-state index is 13.3. The second-order valence-electron chi connectivity index (χ2n) is 11.3. The van der Waals surface area contributed by atoms with Crippen LogP contribution >= 0.6 is 0 Å². The number of nitrogens with two attached hydrogens (primary N) is 3. The van der Waals surface area contributed by atoms with Gasteiger partial charge in [-0.1, -0.05) is 75.8 Å². The number of rotatable bonds is 26. The maximum absolute atomic E-state index is 13.3. The Morgan fingerprint density at radius 3 is 2.05 bits per heavy atom. The van der Waals surface area contributed by atoms with E-state index in [9.17, 15) is 19.2 Å². The molecule has 0 aliphatic heterocycles. The highest BCUT2D eigenvalue weighted by molar-refractivity contribution is 5.88. The molecule has 0 heterocycles. The van der Waals surface area contributed by atoms with Crippen LogP contribution < -0.4 is 27.8 Å². The minimum atomic E-state index is -0.784. The molecule has 10 heteroatoms. The van der Waals surface area contributed by atoms with Crippen molar-refractivity contribution in [3.05, 3.63) is 35.9 Å². The van der Waals surface area contributed by atoms with Crippen molar-refractivity contribution in [1.29, 1.82) is 0 Å². The van der Waals surface area contributed by atoms with Crippen LogP contribution in [0.3, 0.4) is 0 Å². The summed E-state index contributed by atoms with van der Waals surface area (Å²) in [5.74, 6) is -1.21. The molecule has 0 aliphatic carbocycles. The molecule has 0 bridgehead atoms. The van der Waals surface area contributed by atoms with Gasteiger partial charge in [0.25, 0.3) is 0 Å². The first-order valence-electron chi connectivity index (χ1n) is 16.4. The Morgan fingerprint density at radius 2 is 1.42 bits per heavy atom. The summed E-state index contributed by atoms with van der Waals surface area (Å²) in [5, 5.41) is 5.78. The van der Waals surface area contributed by atoms with E-state index in [0.717, 1.165) is 37.7 Å². The Balaban J connectivity index is 2.77. The zero-order chi connectivity index (χ0) is 31.7. The molecule has 1 aromatic carbocycles. The fourth-order valence-corrected chi connectivity index (χ4v) is 5.12. The smallest absolute Gasteiger partial charge is 0.242 e. The molecule has 8 N–H and O–H groups in total. The highest BCUT2D eigenvalue weighted by Gasteiger charge is 2.28. The van der Waals surface area contributed by atoms with Crippen LogP contribution in [0, 0.1) is 0 Å². The van der Waals surface area contributed by atoms with Crippen LogP contribution in [-0.2, 0) is 25.6 Å². The van der Waals surface area contributed by atoms with Gasteiger partial charge in [0.2, 0.25) is 23.6 Å². The van der Waals surface area contributed by atoms with Gasteiger partial charge < -0.3 is 32.7 Å². The van der Waals surface area contributed by atoms with Crippen molar-refractivity contribution in [2.45, 2.75) is 122 Å². The summed E-state index contributed by atoms with van der Waals surface area (Å²) in [4.78, 5) is 53.0. The number of hydrogen-bond donors (Lipinski definition) is 5. The Hall–Kier alpha value is -2.98. The van der Waals surface area contributed by atoms with E-state index >= 15 is 0 Å². The molecular formula is C33H58N6O4. The van der Waals surface area contributed by atoms with Gasteiger partial charge in [0, 0.05) is 25.9 Å². The summed E-state index contributed by atoms with van der Waals surface area (Å²) in [5.41, 5.74) is 18.0. The summed E-state index contributed by atoms with van der Waals surface area (Å²) < 4.78 is 0. The van der Waals surface area contributed by atoms with Gasteiger partial charge in [-0.15, -0.1) is 0 Å². The van der Waals surface area contributed by atoms with E-state index in [1.54, 1.807) is 0 Å². The third kappa shape index (κ3) is 17.7. The molecule has 2 atom stereocenters. The fourth-order valence-electron chi connectivity index (χ4n) is 5.12. The zero-order valence-corrected chi connectivity index (χ0v) is 26.5. The number of nitrogens with one attached hydrogen (secondary N) is 2. The van der Waals surface area contributed by atoms with Crippen molar-refractivity contribution < 1.29 is 19.2 Å². The average molecular weight is 603 g/mol. The third-order valence-corrected chi connectivity index (χ3v) is 7.69. The van der Waals surface area contributed by atoms with Crippen LogP contribution in [0.5, 0.6) is 0 Å². The van der Waals surface area contributed by atoms with Crippen LogP contribution in [0.1, 0.15) is 109 Å². The first-order valence-corrected chi connectivity index (χ1v) is 16.4. The highest BCUT2D eigenvalue weighted by Crippen LogP contribution is 2.13. The number of benzene rings is 1. The molecule has 10 nitrogen and oxygen atoms in total. The van der Waals surface area contributed by atoms with E-state index in [4.69, 9.17) is 17.2 Å². The molecule has 1 rings (SSSR count). The predicted octanol–water partition coefficient (Wildman–Crippen LogP) is 3.30. The molecule has 43 heavy (non-hydrogen) atoms. The normalized spacial score (nSPS) is 12.3. The molecule has 0 aliphatic rings. The summed E-state index contributed by atoms with van der Waals surface area (Å²) in [6, 6.07) is 8.21. The van der Waals surface area contributed by atoms with E-state index < -0.39 is 18.0 Å². The molecule has 1 aromatic rings. The van der Waals surface area contributed by atoms with Gasteiger partial charge in [-0.05, 0) is 70.0 Å². The maximum Gasteiger partial charge on any atom is 0.242 e. The lowest BCUT2D eigenvalue weighted by atomic mass is 10.0. The molecule has 0 radical (unpaired) electrons. The first kappa shape index (κ1) is 38.0. The topological polar surface area (TPSA) is 174 Å². The Bertz CT molecular complexity index is 914. The number of unbranched alkanes of at least 4 members (excludes halogenated alkanes) is 8. The summed E-state index contributed by atoms with van der Waals surface area (Å²) in [7, 11) is 0. The van der Waals surface area contributed by atoms with Crippen LogP contribution in [0.4, 0.5) is 0 Å². The van der Waals surface area contributed by atoms with E-state index in [1.165, 1.54) is 30.6 Å². The lowest BCUT2D eigenvalue weighted by Gasteiger charge is -2.30. The molecule has 0 unspecified atom stereocenters. The Morgan fingerprint density at radius 1 is 0.791 bits per heavy atom. The second-order valence-corrected chi connectivity index (χ2v) is 11.3. The molecular weight excluding hydrogens is 544 g/mol. The van der Waals surface area contributed by atoms with E-state index in [1.807, 2.05) is 30.3 Å². The van der Waals surface area contributed by atoms with E-state index in [0.29, 0.717) is 51.6 Å². The van der Waals surface area contributed by atoms with Crippen molar-refractivity contribution in [2.24, 2.45) is 17.2 Å². The average Bonchev–Trinajstić information content (AvgIpc) is 3.00. The number of carbonyl (C=O) groups excluding carboxylic acids is 4. The minimum absolute atomic E-state index is 0.132. The van der Waals surface area contributed by atoms with Gasteiger partial charge in [-0.2, -0.15) is 0 Å². The number of aryl methyl sites for hydroxylation is 1.